The number of carboxylic acids is 1. The number of halogens is 1. The van der Waals surface area contributed by atoms with Gasteiger partial charge >= 0.3 is 5.97 Å². The molecule has 2 heterocycles. The van der Waals surface area contributed by atoms with Crippen LogP contribution in [0.3, 0.4) is 0 Å². The first kappa shape index (κ1) is 14.0. The van der Waals surface area contributed by atoms with Crippen LogP contribution in [-0.4, -0.2) is 28.1 Å². The number of carbonyl (C=O) groups is 1. The Morgan fingerprint density at radius 2 is 2.26 bits per heavy atom. The van der Waals surface area contributed by atoms with Gasteiger partial charge in [0.05, 0.1) is 17.7 Å². The van der Waals surface area contributed by atoms with Crippen molar-refractivity contribution in [3.63, 3.8) is 0 Å². The number of thiazole rings is 1. The van der Waals surface area contributed by atoms with E-state index in [2.05, 4.69) is 25.9 Å². The summed E-state index contributed by atoms with van der Waals surface area (Å²) in [7, 11) is 1.82. The summed E-state index contributed by atoms with van der Waals surface area (Å²) in [5, 5.41) is 9.22. The Kier molecular flexibility index (Phi) is 4.16. The second-order valence-electron chi connectivity index (χ2n) is 4.05. The lowest BCUT2D eigenvalue weighted by molar-refractivity contribution is 0.0697. The highest BCUT2D eigenvalue weighted by Crippen LogP contribution is 2.23. The van der Waals surface area contributed by atoms with Crippen molar-refractivity contribution in [1.82, 2.24) is 9.97 Å². The summed E-state index contributed by atoms with van der Waals surface area (Å²) >= 11 is 4.79. The van der Waals surface area contributed by atoms with Crippen molar-refractivity contribution in [3.8, 4) is 0 Å². The van der Waals surface area contributed by atoms with Crippen LogP contribution in [0.15, 0.2) is 22.2 Å². The summed E-state index contributed by atoms with van der Waals surface area (Å²) in [4.78, 5) is 22.5. The maximum atomic E-state index is 11.3. The second kappa shape index (κ2) is 5.66. The molecule has 19 heavy (non-hydrogen) atoms. The first-order valence-electron chi connectivity index (χ1n) is 5.48. The highest BCUT2D eigenvalue weighted by molar-refractivity contribution is 9.10. The zero-order chi connectivity index (χ0) is 14.0. The number of aryl methyl sites for hydroxylation is 1. The number of nitrogens with zero attached hydrogens (tertiary/aromatic N) is 3. The van der Waals surface area contributed by atoms with Gasteiger partial charge in [-0.15, -0.1) is 11.3 Å². The van der Waals surface area contributed by atoms with Gasteiger partial charge in [-0.2, -0.15) is 0 Å². The van der Waals surface area contributed by atoms with E-state index < -0.39 is 5.97 Å². The van der Waals surface area contributed by atoms with Gasteiger partial charge in [0.15, 0.2) is 0 Å². The van der Waals surface area contributed by atoms with Crippen molar-refractivity contribution in [3.05, 3.63) is 38.4 Å². The molecule has 0 aliphatic carbocycles. The third-order valence-corrected chi connectivity index (χ3v) is 4.00. The summed E-state index contributed by atoms with van der Waals surface area (Å²) in [6, 6.07) is 1.56. The molecule has 2 aromatic heterocycles. The molecule has 5 nitrogen and oxygen atoms in total. The molecule has 0 aromatic carbocycles. The van der Waals surface area contributed by atoms with E-state index in [1.54, 1.807) is 29.1 Å². The topological polar surface area (TPSA) is 66.3 Å². The molecule has 0 radical (unpaired) electrons. The molecule has 0 spiro atoms. The van der Waals surface area contributed by atoms with E-state index in [1.807, 2.05) is 18.9 Å². The number of carboxylic acid groups (broad SMARTS) is 1. The van der Waals surface area contributed by atoms with Gasteiger partial charge in [-0.1, -0.05) is 0 Å². The molecular weight excluding hydrogens is 330 g/mol. The first-order chi connectivity index (χ1) is 8.99. The molecule has 2 rings (SSSR count). The minimum Gasteiger partial charge on any atom is -0.478 e. The molecule has 2 aromatic rings. The lowest BCUT2D eigenvalue weighted by atomic mass is 10.2. The average Bonchev–Trinajstić information content (AvgIpc) is 2.74. The Morgan fingerprint density at radius 3 is 2.84 bits per heavy atom. The molecule has 0 unspecified atom stereocenters. The van der Waals surface area contributed by atoms with Crippen molar-refractivity contribution in [1.29, 1.82) is 0 Å². The normalized spacial score (nSPS) is 10.5. The van der Waals surface area contributed by atoms with Crippen LogP contribution >= 0.6 is 27.3 Å². The van der Waals surface area contributed by atoms with Crippen LogP contribution in [0, 0.1) is 6.92 Å². The maximum absolute atomic E-state index is 11.3. The molecule has 0 aliphatic rings. The van der Waals surface area contributed by atoms with E-state index >= 15 is 0 Å². The summed E-state index contributed by atoms with van der Waals surface area (Å²) in [6.45, 7) is 2.53. The minimum atomic E-state index is -0.989. The van der Waals surface area contributed by atoms with Crippen molar-refractivity contribution < 1.29 is 9.90 Å². The molecule has 0 bridgehead atoms. The number of aromatic carboxylic acids is 1. The number of pyridine rings is 1. The van der Waals surface area contributed by atoms with Gasteiger partial charge in [0, 0.05) is 22.6 Å². The quantitative estimate of drug-likeness (QED) is 0.925. The Hall–Kier alpha value is -1.47. The molecule has 0 amide bonds. The van der Waals surface area contributed by atoms with E-state index in [1.165, 1.54) is 0 Å². The zero-order valence-electron chi connectivity index (χ0n) is 10.4. The largest absolute Gasteiger partial charge is 0.478 e. The third-order valence-electron chi connectivity index (χ3n) is 2.65. The summed E-state index contributed by atoms with van der Waals surface area (Å²) in [5.41, 5.74) is 2.93. The molecular formula is C12H12BrN3O2S. The molecule has 0 atom stereocenters. The predicted octanol–water partition coefficient (Wildman–Crippen LogP) is 2.94. The Bertz CT molecular complexity index is 615. The molecule has 7 heteroatoms. The monoisotopic (exact) mass is 341 g/mol. The number of rotatable bonds is 4. The number of hydrogen-bond donors (Lipinski definition) is 1. The van der Waals surface area contributed by atoms with Crippen LogP contribution in [0.4, 0.5) is 5.82 Å². The van der Waals surface area contributed by atoms with Crippen molar-refractivity contribution in [2.45, 2.75) is 13.5 Å². The Balaban J connectivity index is 2.31. The van der Waals surface area contributed by atoms with Gasteiger partial charge in [0.2, 0.25) is 0 Å². The lowest BCUT2D eigenvalue weighted by Gasteiger charge is -2.19. The Labute approximate surface area is 123 Å². The highest BCUT2D eigenvalue weighted by Gasteiger charge is 2.17. The third kappa shape index (κ3) is 3.10. The molecule has 0 saturated heterocycles. The molecule has 0 saturated carbocycles. The molecule has 100 valence electrons. The van der Waals surface area contributed by atoms with Crippen LogP contribution in [0.5, 0.6) is 0 Å². The van der Waals surface area contributed by atoms with Gasteiger partial charge in [-0.3, -0.25) is 0 Å². The minimum absolute atomic E-state index is 0.180. The predicted molar refractivity (Wildman–Crippen MR) is 77.9 cm³/mol. The van der Waals surface area contributed by atoms with E-state index in [0.717, 1.165) is 10.6 Å². The van der Waals surface area contributed by atoms with E-state index in [-0.39, 0.29) is 5.56 Å². The standard InChI is InChI=1S/C12H12BrN3O2S/c1-7-10(19-6-15-7)5-16(2)11-9(12(17)18)3-8(13)4-14-11/h3-4,6H,5H2,1-2H3,(H,17,18). The molecule has 0 fully saturated rings. The van der Waals surface area contributed by atoms with Crippen LogP contribution in [0.25, 0.3) is 0 Å². The Morgan fingerprint density at radius 1 is 1.53 bits per heavy atom. The SMILES string of the molecule is Cc1ncsc1CN(C)c1ncc(Br)cc1C(=O)O. The van der Waals surface area contributed by atoms with E-state index in [0.29, 0.717) is 16.8 Å². The second-order valence-corrected chi connectivity index (χ2v) is 5.90. The van der Waals surface area contributed by atoms with Gasteiger partial charge < -0.3 is 10.0 Å². The fourth-order valence-electron chi connectivity index (χ4n) is 1.66. The van der Waals surface area contributed by atoms with Crippen molar-refractivity contribution in [2.24, 2.45) is 0 Å². The van der Waals surface area contributed by atoms with Crippen LogP contribution in [0.2, 0.25) is 0 Å². The summed E-state index contributed by atoms with van der Waals surface area (Å²) in [6.07, 6.45) is 1.60. The van der Waals surface area contributed by atoms with Crippen molar-refractivity contribution in [2.75, 3.05) is 11.9 Å². The zero-order valence-corrected chi connectivity index (χ0v) is 12.8. The van der Waals surface area contributed by atoms with Gasteiger partial charge in [-0.25, -0.2) is 14.8 Å². The van der Waals surface area contributed by atoms with Crippen LogP contribution in [0.1, 0.15) is 20.9 Å². The number of anilines is 1. The first-order valence-corrected chi connectivity index (χ1v) is 7.15. The van der Waals surface area contributed by atoms with Crippen LogP contribution in [-0.2, 0) is 6.54 Å². The fraction of sp³-hybridized carbons (Fsp3) is 0.250. The summed E-state index contributed by atoms with van der Waals surface area (Å²) in [5.74, 6) is -0.542. The van der Waals surface area contributed by atoms with E-state index in [4.69, 9.17) is 0 Å². The van der Waals surface area contributed by atoms with Gasteiger partial charge in [0.1, 0.15) is 11.4 Å². The smallest absolute Gasteiger partial charge is 0.339 e. The average molecular weight is 342 g/mol. The van der Waals surface area contributed by atoms with E-state index in [9.17, 15) is 9.90 Å². The lowest BCUT2D eigenvalue weighted by Crippen LogP contribution is -2.20. The van der Waals surface area contributed by atoms with Gasteiger partial charge in [-0.05, 0) is 28.9 Å². The molecule has 0 aliphatic heterocycles. The maximum Gasteiger partial charge on any atom is 0.339 e. The highest BCUT2D eigenvalue weighted by atomic mass is 79.9. The number of aromatic nitrogens is 2. The summed E-state index contributed by atoms with van der Waals surface area (Å²) < 4.78 is 0.649. The van der Waals surface area contributed by atoms with Crippen LogP contribution < -0.4 is 4.90 Å². The van der Waals surface area contributed by atoms with Crippen molar-refractivity contribution >= 4 is 39.1 Å². The number of hydrogen-bond acceptors (Lipinski definition) is 5. The fourth-order valence-corrected chi connectivity index (χ4v) is 2.82. The molecule has 1 N–H and O–H groups in total. The van der Waals surface area contributed by atoms with Gasteiger partial charge in [0.25, 0.3) is 0 Å².